The van der Waals surface area contributed by atoms with Crippen LogP contribution in [0, 0.1) is 0 Å². The summed E-state index contributed by atoms with van der Waals surface area (Å²) in [5.41, 5.74) is 4.72. The van der Waals surface area contributed by atoms with Gasteiger partial charge in [-0.3, -0.25) is 9.59 Å². The Bertz CT molecular complexity index is 1010. The van der Waals surface area contributed by atoms with Gasteiger partial charge in [0.1, 0.15) is 0 Å². The van der Waals surface area contributed by atoms with Crippen LogP contribution in [0.25, 0.3) is 10.1 Å². The number of amides is 1. The van der Waals surface area contributed by atoms with Gasteiger partial charge in [-0.25, -0.2) is 10.4 Å². The maximum absolute atomic E-state index is 12.2. The first-order valence-electron chi connectivity index (χ1n) is 8.41. The Kier molecular flexibility index (Phi) is 5.93. The van der Waals surface area contributed by atoms with Crippen LogP contribution in [0.15, 0.2) is 53.1 Å². The van der Waals surface area contributed by atoms with Gasteiger partial charge in [-0.15, -0.1) is 11.3 Å². The monoisotopic (exact) mass is 381 g/mol. The van der Waals surface area contributed by atoms with Crippen LogP contribution in [-0.4, -0.2) is 29.5 Å². The van der Waals surface area contributed by atoms with E-state index < -0.39 is 0 Å². The first-order valence-corrected chi connectivity index (χ1v) is 9.29. The number of benzene rings is 1. The smallest absolute Gasteiger partial charge is 0.240 e. The van der Waals surface area contributed by atoms with Crippen LogP contribution in [0.3, 0.4) is 0 Å². The van der Waals surface area contributed by atoms with Crippen molar-refractivity contribution in [3.8, 4) is 5.88 Å². The first-order chi connectivity index (χ1) is 13.1. The Hall–Kier alpha value is -3.06. The van der Waals surface area contributed by atoms with E-state index in [2.05, 4.69) is 21.6 Å². The number of carbonyl (C=O) groups is 2. The molecule has 0 saturated carbocycles. The van der Waals surface area contributed by atoms with Gasteiger partial charge in [-0.2, -0.15) is 5.10 Å². The summed E-state index contributed by atoms with van der Waals surface area (Å²) in [6.07, 6.45) is 1.66. The first kappa shape index (κ1) is 18.7. The van der Waals surface area contributed by atoms with Gasteiger partial charge in [0.05, 0.1) is 12.8 Å². The minimum Gasteiger partial charge on any atom is -0.481 e. The molecule has 2 heterocycles. The van der Waals surface area contributed by atoms with Crippen molar-refractivity contribution < 1.29 is 14.3 Å². The van der Waals surface area contributed by atoms with E-state index in [0.29, 0.717) is 11.4 Å². The van der Waals surface area contributed by atoms with E-state index in [4.69, 9.17) is 4.74 Å². The molecule has 0 atom stereocenters. The van der Waals surface area contributed by atoms with E-state index >= 15 is 0 Å². The molecule has 0 spiro atoms. The fourth-order valence-corrected chi connectivity index (χ4v) is 3.59. The maximum Gasteiger partial charge on any atom is 0.240 e. The number of pyridine rings is 1. The Labute approximate surface area is 160 Å². The second kappa shape index (κ2) is 8.55. The molecule has 0 unspecified atom stereocenters. The standard InChI is InChI=1S/C20H19N3O3S/c1-13(16-12-27-18-6-4-3-5-15(16)18)22-23-19(25)8-7-17(24)14-9-10-21-20(11-14)26-2/h3-6,9-12H,7-8H2,1-2H3,(H,23,25)/b22-13+. The van der Waals surface area contributed by atoms with E-state index in [1.54, 1.807) is 23.5 Å². The zero-order valence-electron chi connectivity index (χ0n) is 15.1. The summed E-state index contributed by atoms with van der Waals surface area (Å²) in [4.78, 5) is 28.2. The van der Waals surface area contributed by atoms with Gasteiger partial charge < -0.3 is 4.74 Å². The highest BCUT2D eigenvalue weighted by molar-refractivity contribution is 7.17. The van der Waals surface area contributed by atoms with Crippen LogP contribution in [0.2, 0.25) is 0 Å². The molecule has 1 aromatic carbocycles. The molecule has 3 aromatic rings. The number of methoxy groups -OCH3 is 1. The van der Waals surface area contributed by atoms with Crippen molar-refractivity contribution in [3.05, 3.63) is 59.1 Å². The fraction of sp³-hybridized carbons (Fsp3) is 0.200. The molecule has 1 N–H and O–H groups in total. The van der Waals surface area contributed by atoms with Crippen molar-refractivity contribution in [2.45, 2.75) is 19.8 Å². The number of ether oxygens (including phenoxy) is 1. The third kappa shape index (κ3) is 4.57. The number of aromatic nitrogens is 1. The van der Waals surface area contributed by atoms with Crippen LogP contribution in [0.4, 0.5) is 0 Å². The lowest BCUT2D eigenvalue weighted by Crippen LogP contribution is -2.20. The van der Waals surface area contributed by atoms with Crippen molar-refractivity contribution >= 4 is 38.8 Å². The Morgan fingerprint density at radius 1 is 1.22 bits per heavy atom. The van der Waals surface area contributed by atoms with Gasteiger partial charge in [0.25, 0.3) is 0 Å². The molecule has 6 nitrogen and oxygen atoms in total. The minimum atomic E-state index is -0.303. The number of nitrogens with zero attached hydrogens (tertiary/aromatic N) is 2. The quantitative estimate of drug-likeness (QED) is 0.383. The molecule has 0 aliphatic rings. The number of nitrogens with one attached hydrogen (secondary N) is 1. The SMILES string of the molecule is COc1cc(C(=O)CCC(=O)N/N=C(\C)c2csc3ccccc23)ccn1. The highest BCUT2D eigenvalue weighted by Gasteiger charge is 2.11. The normalized spacial score (nSPS) is 11.4. The number of Topliss-reactive ketones (excluding diaryl/α,β-unsaturated/α-hetero) is 1. The molecule has 3 rings (SSSR count). The highest BCUT2D eigenvalue weighted by Crippen LogP contribution is 2.26. The van der Waals surface area contributed by atoms with E-state index in [1.807, 2.05) is 30.5 Å². The highest BCUT2D eigenvalue weighted by atomic mass is 32.1. The minimum absolute atomic E-state index is 0.0602. The van der Waals surface area contributed by atoms with Crippen molar-refractivity contribution in [1.29, 1.82) is 0 Å². The summed E-state index contributed by atoms with van der Waals surface area (Å²) < 4.78 is 6.17. The number of hydrogen-bond donors (Lipinski definition) is 1. The Morgan fingerprint density at radius 2 is 2.04 bits per heavy atom. The number of hydrazone groups is 1. The second-order valence-corrected chi connectivity index (χ2v) is 6.80. The van der Waals surface area contributed by atoms with Crippen molar-refractivity contribution in [2.24, 2.45) is 5.10 Å². The fourth-order valence-electron chi connectivity index (χ4n) is 2.59. The van der Waals surface area contributed by atoms with E-state index in [0.717, 1.165) is 16.7 Å². The zero-order valence-corrected chi connectivity index (χ0v) is 15.9. The van der Waals surface area contributed by atoms with E-state index in [1.165, 1.54) is 18.0 Å². The molecule has 0 aliphatic carbocycles. The van der Waals surface area contributed by atoms with Gasteiger partial charge >= 0.3 is 0 Å². The summed E-state index contributed by atoms with van der Waals surface area (Å²) in [5, 5.41) is 7.31. The number of rotatable bonds is 7. The van der Waals surface area contributed by atoms with Crippen LogP contribution in [0.1, 0.15) is 35.7 Å². The zero-order chi connectivity index (χ0) is 19.2. The predicted molar refractivity (Wildman–Crippen MR) is 107 cm³/mol. The molecular formula is C20H19N3O3S. The molecule has 1 amide bonds. The topological polar surface area (TPSA) is 80.7 Å². The van der Waals surface area contributed by atoms with Gasteiger partial charge in [0.2, 0.25) is 11.8 Å². The summed E-state index contributed by atoms with van der Waals surface area (Å²) in [7, 11) is 1.49. The molecule has 2 aromatic heterocycles. The molecule has 0 fully saturated rings. The number of fused-ring (bicyclic) bond motifs is 1. The number of thiophene rings is 1. The summed E-state index contributed by atoms with van der Waals surface area (Å²) in [5.74, 6) is -0.0767. The molecule has 0 aliphatic heterocycles. The summed E-state index contributed by atoms with van der Waals surface area (Å²) in [6.45, 7) is 1.85. The Balaban J connectivity index is 1.57. The molecule has 27 heavy (non-hydrogen) atoms. The molecule has 0 saturated heterocycles. The predicted octanol–water partition coefficient (Wildman–Crippen LogP) is 3.81. The van der Waals surface area contributed by atoms with Gasteiger partial charge in [-0.05, 0) is 19.1 Å². The average Bonchev–Trinajstić information content (AvgIpc) is 3.14. The molecular weight excluding hydrogens is 362 g/mol. The average molecular weight is 381 g/mol. The third-order valence-electron chi connectivity index (χ3n) is 4.06. The van der Waals surface area contributed by atoms with Crippen LogP contribution >= 0.6 is 11.3 Å². The lowest BCUT2D eigenvalue weighted by molar-refractivity contribution is -0.121. The van der Waals surface area contributed by atoms with Gasteiger partial charge in [0, 0.05) is 51.7 Å². The molecule has 0 radical (unpaired) electrons. The number of ketones is 1. The largest absolute Gasteiger partial charge is 0.481 e. The van der Waals surface area contributed by atoms with Crippen LogP contribution in [0.5, 0.6) is 5.88 Å². The van der Waals surface area contributed by atoms with E-state index in [9.17, 15) is 9.59 Å². The van der Waals surface area contributed by atoms with Crippen molar-refractivity contribution in [2.75, 3.05) is 7.11 Å². The number of carbonyl (C=O) groups excluding carboxylic acids is 2. The van der Waals surface area contributed by atoms with Crippen molar-refractivity contribution in [3.63, 3.8) is 0 Å². The molecule has 0 bridgehead atoms. The lowest BCUT2D eigenvalue weighted by atomic mass is 10.1. The van der Waals surface area contributed by atoms with Crippen LogP contribution < -0.4 is 10.2 Å². The van der Waals surface area contributed by atoms with Gasteiger partial charge in [-0.1, -0.05) is 18.2 Å². The van der Waals surface area contributed by atoms with Gasteiger partial charge in [0.15, 0.2) is 5.78 Å². The van der Waals surface area contributed by atoms with E-state index in [-0.39, 0.29) is 24.5 Å². The summed E-state index contributed by atoms with van der Waals surface area (Å²) >= 11 is 1.64. The Morgan fingerprint density at radius 3 is 2.85 bits per heavy atom. The summed E-state index contributed by atoms with van der Waals surface area (Å²) in [6, 6.07) is 11.2. The van der Waals surface area contributed by atoms with Crippen LogP contribution in [-0.2, 0) is 4.79 Å². The molecule has 7 heteroatoms. The maximum atomic E-state index is 12.2. The second-order valence-electron chi connectivity index (χ2n) is 5.89. The molecule has 138 valence electrons. The number of hydrogen-bond acceptors (Lipinski definition) is 6. The van der Waals surface area contributed by atoms with Crippen molar-refractivity contribution in [1.82, 2.24) is 10.4 Å². The third-order valence-corrected chi connectivity index (χ3v) is 5.03. The lowest BCUT2D eigenvalue weighted by Gasteiger charge is -2.04.